The number of hydrogen-bond acceptors (Lipinski definition) is 3. The van der Waals surface area contributed by atoms with Crippen molar-refractivity contribution < 1.29 is 0 Å². The van der Waals surface area contributed by atoms with Crippen LogP contribution in [0.4, 0.5) is 0 Å². The third kappa shape index (κ3) is 4.92. The molecule has 0 N–H and O–H groups in total. The molecule has 100 valence electrons. The van der Waals surface area contributed by atoms with Crippen molar-refractivity contribution in [3.63, 3.8) is 0 Å². The van der Waals surface area contributed by atoms with Crippen LogP contribution in [0.5, 0.6) is 0 Å². The highest BCUT2D eigenvalue weighted by Gasteiger charge is 2.15. The fraction of sp³-hybridized carbons (Fsp3) is 0.571. The average molecular weight is 329 g/mol. The number of thioether (sulfide) groups is 1. The Morgan fingerprint density at radius 3 is 2.17 bits per heavy atom. The van der Waals surface area contributed by atoms with E-state index in [-0.39, 0.29) is 0 Å². The summed E-state index contributed by atoms with van der Waals surface area (Å²) >= 11 is 5.47. The second-order valence-corrected chi connectivity index (χ2v) is 6.50. The van der Waals surface area contributed by atoms with Gasteiger partial charge in [0.15, 0.2) is 0 Å². The molecular formula is C14H21BrN2S. The number of alkyl halides is 1. The molecule has 1 aliphatic rings. The van der Waals surface area contributed by atoms with E-state index in [1.54, 1.807) is 0 Å². The zero-order valence-corrected chi connectivity index (χ0v) is 13.1. The van der Waals surface area contributed by atoms with Gasteiger partial charge in [-0.2, -0.15) is 0 Å². The molecule has 1 aromatic carbocycles. The van der Waals surface area contributed by atoms with E-state index in [0.717, 1.165) is 5.33 Å². The van der Waals surface area contributed by atoms with Crippen molar-refractivity contribution in [1.29, 1.82) is 0 Å². The van der Waals surface area contributed by atoms with Gasteiger partial charge in [-0.05, 0) is 12.1 Å². The Hall–Kier alpha value is -0.0300. The number of hydrogen-bond donors (Lipinski definition) is 0. The highest BCUT2D eigenvalue weighted by atomic mass is 79.9. The van der Waals surface area contributed by atoms with Crippen molar-refractivity contribution in [2.75, 3.05) is 50.4 Å². The molecule has 0 aromatic heterocycles. The van der Waals surface area contributed by atoms with Crippen LogP contribution in [0, 0.1) is 0 Å². The van der Waals surface area contributed by atoms with Gasteiger partial charge in [-0.1, -0.05) is 34.1 Å². The van der Waals surface area contributed by atoms with Crippen LogP contribution in [0.2, 0.25) is 0 Å². The molecule has 2 nitrogen and oxygen atoms in total. The van der Waals surface area contributed by atoms with E-state index in [1.165, 1.54) is 49.9 Å². The molecular weight excluding hydrogens is 308 g/mol. The zero-order valence-electron chi connectivity index (χ0n) is 10.7. The maximum absolute atomic E-state index is 3.51. The van der Waals surface area contributed by atoms with Gasteiger partial charge in [0.25, 0.3) is 0 Å². The Labute approximate surface area is 123 Å². The van der Waals surface area contributed by atoms with Gasteiger partial charge < -0.3 is 0 Å². The number of benzene rings is 1. The average Bonchev–Trinajstić information content (AvgIpc) is 2.42. The lowest BCUT2D eigenvalue weighted by molar-refractivity contribution is 0.144. The molecule has 1 fully saturated rings. The van der Waals surface area contributed by atoms with Gasteiger partial charge in [-0.3, -0.25) is 9.80 Å². The summed E-state index contributed by atoms with van der Waals surface area (Å²) in [6.07, 6.45) is 0. The number of nitrogens with zero attached hydrogens (tertiary/aromatic N) is 2. The number of piperazine rings is 1. The van der Waals surface area contributed by atoms with Crippen LogP contribution in [0.15, 0.2) is 35.2 Å². The zero-order chi connectivity index (χ0) is 12.6. The van der Waals surface area contributed by atoms with E-state index < -0.39 is 0 Å². The Bertz CT molecular complexity index is 326. The summed E-state index contributed by atoms with van der Waals surface area (Å²) in [5, 5.41) is 1.09. The van der Waals surface area contributed by atoms with Crippen LogP contribution in [0.1, 0.15) is 0 Å². The predicted molar refractivity (Wildman–Crippen MR) is 83.8 cm³/mol. The van der Waals surface area contributed by atoms with Gasteiger partial charge >= 0.3 is 0 Å². The van der Waals surface area contributed by atoms with Gasteiger partial charge in [-0.15, -0.1) is 11.8 Å². The first-order chi connectivity index (χ1) is 8.88. The SMILES string of the molecule is BrCCN1CCN(CCSc2ccccc2)CC1. The number of halogens is 1. The smallest absolute Gasteiger partial charge is 0.0159 e. The minimum Gasteiger partial charge on any atom is -0.300 e. The van der Waals surface area contributed by atoms with E-state index >= 15 is 0 Å². The molecule has 0 saturated carbocycles. The molecule has 0 amide bonds. The molecule has 1 aromatic rings. The largest absolute Gasteiger partial charge is 0.300 e. The normalized spacial score (nSPS) is 18.1. The molecule has 1 aliphatic heterocycles. The first kappa shape index (κ1) is 14.4. The maximum Gasteiger partial charge on any atom is 0.0159 e. The molecule has 2 rings (SSSR count). The molecule has 0 unspecified atom stereocenters. The van der Waals surface area contributed by atoms with E-state index in [1.807, 2.05) is 11.8 Å². The Kier molecular flexibility index (Phi) is 6.55. The van der Waals surface area contributed by atoms with E-state index in [0.29, 0.717) is 0 Å². The summed E-state index contributed by atoms with van der Waals surface area (Å²) in [5.41, 5.74) is 0. The van der Waals surface area contributed by atoms with Gasteiger partial charge in [0.05, 0.1) is 0 Å². The summed E-state index contributed by atoms with van der Waals surface area (Å²) in [5.74, 6) is 1.20. The summed E-state index contributed by atoms with van der Waals surface area (Å²) in [6, 6.07) is 10.7. The Morgan fingerprint density at radius 1 is 0.944 bits per heavy atom. The minimum absolute atomic E-state index is 1.09. The van der Waals surface area contributed by atoms with Crippen molar-refractivity contribution in [3.8, 4) is 0 Å². The first-order valence-electron chi connectivity index (χ1n) is 6.57. The molecule has 0 radical (unpaired) electrons. The molecule has 1 heterocycles. The lowest BCUT2D eigenvalue weighted by Crippen LogP contribution is -2.47. The van der Waals surface area contributed by atoms with Crippen molar-refractivity contribution in [2.45, 2.75) is 4.90 Å². The van der Waals surface area contributed by atoms with Crippen LogP contribution in [0.25, 0.3) is 0 Å². The van der Waals surface area contributed by atoms with Crippen LogP contribution in [-0.2, 0) is 0 Å². The van der Waals surface area contributed by atoms with Crippen LogP contribution < -0.4 is 0 Å². The second-order valence-electron chi connectivity index (χ2n) is 4.53. The minimum atomic E-state index is 1.09. The van der Waals surface area contributed by atoms with Crippen molar-refractivity contribution in [2.24, 2.45) is 0 Å². The van der Waals surface area contributed by atoms with Crippen molar-refractivity contribution in [3.05, 3.63) is 30.3 Å². The van der Waals surface area contributed by atoms with Crippen molar-refractivity contribution >= 4 is 27.7 Å². The lowest BCUT2D eigenvalue weighted by atomic mass is 10.3. The van der Waals surface area contributed by atoms with E-state index in [2.05, 4.69) is 56.1 Å². The van der Waals surface area contributed by atoms with Gasteiger partial charge in [0.2, 0.25) is 0 Å². The fourth-order valence-corrected chi connectivity index (χ4v) is 3.60. The molecule has 18 heavy (non-hydrogen) atoms. The highest BCUT2D eigenvalue weighted by molar-refractivity contribution is 9.09. The third-order valence-electron chi connectivity index (χ3n) is 3.29. The molecule has 0 bridgehead atoms. The standard InChI is InChI=1S/C14H21BrN2S/c15-6-7-16-8-10-17(11-9-16)12-13-18-14-4-2-1-3-5-14/h1-5H,6-13H2. The molecule has 4 heteroatoms. The summed E-state index contributed by atoms with van der Waals surface area (Å²) in [6.45, 7) is 7.29. The Morgan fingerprint density at radius 2 is 1.56 bits per heavy atom. The number of rotatable bonds is 6. The monoisotopic (exact) mass is 328 g/mol. The molecule has 1 saturated heterocycles. The second kappa shape index (κ2) is 8.20. The first-order valence-corrected chi connectivity index (χ1v) is 8.68. The van der Waals surface area contributed by atoms with Gasteiger partial charge in [-0.25, -0.2) is 0 Å². The summed E-state index contributed by atoms with van der Waals surface area (Å²) in [4.78, 5) is 6.51. The van der Waals surface area contributed by atoms with E-state index in [9.17, 15) is 0 Å². The summed E-state index contributed by atoms with van der Waals surface area (Å²) < 4.78 is 0. The van der Waals surface area contributed by atoms with Gasteiger partial charge in [0, 0.05) is 55.2 Å². The summed E-state index contributed by atoms with van der Waals surface area (Å²) in [7, 11) is 0. The molecule has 0 atom stereocenters. The lowest BCUT2D eigenvalue weighted by Gasteiger charge is -2.34. The van der Waals surface area contributed by atoms with Crippen LogP contribution >= 0.6 is 27.7 Å². The van der Waals surface area contributed by atoms with Crippen LogP contribution in [0.3, 0.4) is 0 Å². The van der Waals surface area contributed by atoms with E-state index in [4.69, 9.17) is 0 Å². The van der Waals surface area contributed by atoms with Crippen molar-refractivity contribution in [1.82, 2.24) is 9.80 Å². The molecule has 0 aliphatic carbocycles. The maximum atomic E-state index is 3.51. The molecule has 0 spiro atoms. The topological polar surface area (TPSA) is 6.48 Å². The fourth-order valence-electron chi connectivity index (χ4n) is 2.17. The third-order valence-corrected chi connectivity index (χ3v) is 4.63. The van der Waals surface area contributed by atoms with Crippen LogP contribution in [-0.4, -0.2) is 60.2 Å². The van der Waals surface area contributed by atoms with Gasteiger partial charge in [0.1, 0.15) is 0 Å². The highest BCUT2D eigenvalue weighted by Crippen LogP contribution is 2.17. The quantitative estimate of drug-likeness (QED) is 0.585. The predicted octanol–water partition coefficient (Wildman–Crippen LogP) is 2.79. The Balaban J connectivity index is 1.61.